The highest BCUT2D eigenvalue weighted by molar-refractivity contribution is 9.10. The standard InChI is InChI=1S/C29H22BrFO2/c30-29-23-15-24(33-28(29)32)22-14-21(16-6-2-1-3-7-16)25(17-10-12-18(31)13-11-17)26(27(22)29)20-9-5-4-8-19(20)23/h1-14,21,23-27H,15H2/t21-,23+,24-,25-,26+,27-,29-/m0/s1. The number of halogens is 2. The number of fused-ring (bicyclic) bond motifs is 3. The molecule has 0 unspecified atom stereocenters. The summed E-state index contributed by atoms with van der Waals surface area (Å²) in [5.41, 5.74) is 6.14. The highest BCUT2D eigenvalue weighted by Crippen LogP contribution is 2.70. The van der Waals surface area contributed by atoms with Gasteiger partial charge in [-0.2, -0.15) is 0 Å². The summed E-state index contributed by atoms with van der Waals surface area (Å²) >= 11 is 3.98. The predicted octanol–water partition coefficient (Wildman–Crippen LogP) is 6.59. The summed E-state index contributed by atoms with van der Waals surface area (Å²) in [4.78, 5) is 13.3. The summed E-state index contributed by atoms with van der Waals surface area (Å²) in [6, 6.07) is 26.1. The molecule has 0 radical (unpaired) electrons. The van der Waals surface area contributed by atoms with Crippen molar-refractivity contribution in [2.45, 2.75) is 40.5 Å². The molecule has 8 rings (SSSR count). The lowest BCUT2D eigenvalue weighted by Gasteiger charge is -2.62. The van der Waals surface area contributed by atoms with E-state index < -0.39 is 4.32 Å². The lowest BCUT2D eigenvalue weighted by molar-refractivity contribution is -0.166. The van der Waals surface area contributed by atoms with Crippen LogP contribution in [0.3, 0.4) is 0 Å². The van der Waals surface area contributed by atoms with E-state index in [1.807, 2.05) is 18.2 Å². The first-order valence-corrected chi connectivity index (χ1v) is 12.4. The highest BCUT2D eigenvalue weighted by Gasteiger charge is 2.69. The van der Waals surface area contributed by atoms with Crippen LogP contribution in [-0.4, -0.2) is 16.4 Å². The summed E-state index contributed by atoms with van der Waals surface area (Å²) in [6.07, 6.45) is 3.00. The second-order valence-electron chi connectivity index (χ2n) is 9.76. The molecular weight excluding hydrogens is 479 g/mol. The molecule has 0 amide bonds. The largest absolute Gasteiger partial charge is 0.457 e. The van der Waals surface area contributed by atoms with E-state index in [1.54, 1.807) is 12.1 Å². The van der Waals surface area contributed by atoms with Crippen molar-refractivity contribution >= 4 is 21.9 Å². The van der Waals surface area contributed by atoms with Gasteiger partial charge in [0.1, 0.15) is 16.2 Å². The van der Waals surface area contributed by atoms with E-state index in [1.165, 1.54) is 22.3 Å². The predicted molar refractivity (Wildman–Crippen MR) is 128 cm³/mol. The van der Waals surface area contributed by atoms with E-state index in [9.17, 15) is 9.18 Å². The number of alkyl halides is 1. The Kier molecular flexibility index (Phi) is 4.12. The summed E-state index contributed by atoms with van der Waals surface area (Å²) in [7, 11) is 0. The Morgan fingerprint density at radius 3 is 2.30 bits per heavy atom. The van der Waals surface area contributed by atoms with Crippen LogP contribution in [-0.2, 0) is 9.53 Å². The van der Waals surface area contributed by atoms with Gasteiger partial charge in [-0.1, -0.05) is 88.7 Å². The van der Waals surface area contributed by atoms with Crippen molar-refractivity contribution in [1.29, 1.82) is 0 Å². The molecule has 3 aromatic carbocycles. The van der Waals surface area contributed by atoms with Gasteiger partial charge in [0.25, 0.3) is 0 Å². The van der Waals surface area contributed by atoms with E-state index in [-0.39, 0.29) is 47.5 Å². The van der Waals surface area contributed by atoms with Crippen molar-refractivity contribution in [2.75, 3.05) is 0 Å². The maximum atomic E-state index is 13.9. The van der Waals surface area contributed by atoms with Gasteiger partial charge in [0, 0.05) is 29.6 Å². The van der Waals surface area contributed by atoms with Crippen LogP contribution < -0.4 is 0 Å². The van der Waals surface area contributed by atoms with Gasteiger partial charge in [-0.05, 0) is 46.4 Å². The molecule has 0 aromatic heterocycles. The number of esters is 1. The maximum absolute atomic E-state index is 13.9. The van der Waals surface area contributed by atoms with Gasteiger partial charge in [0.2, 0.25) is 0 Å². The number of allylic oxidation sites excluding steroid dienone is 1. The molecule has 2 nitrogen and oxygen atoms in total. The minimum Gasteiger partial charge on any atom is -0.457 e. The third-order valence-electron chi connectivity index (χ3n) is 8.38. The van der Waals surface area contributed by atoms with E-state index in [2.05, 4.69) is 70.5 Å². The Morgan fingerprint density at radius 1 is 0.848 bits per heavy atom. The van der Waals surface area contributed by atoms with E-state index in [4.69, 9.17) is 4.74 Å². The van der Waals surface area contributed by atoms with Gasteiger partial charge in [-0.25, -0.2) is 4.39 Å². The average molecular weight is 501 g/mol. The van der Waals surface area contributed by atoms with E-state index in [0.29, 0.717) is 0 Å². The molecule has 2 aliphatic heterocycles. The molecule has 7 atom stereocenters. The molecule has 2 saturated heterocycles. The normalized spacial score (nSPS) is 35.5. The minimum absolute atomic E-state index is 0.0208. The molecule has 0 spiro atoms. The van der Waals surface area contributed by atoms with E-state index >= 15 is 0 Å². The van der Waals surface area contributed by atoms with Crippen LogP contribution in [0.1, 0.15) is 52.3 Å². The number of benzene rings is 3. The number of hydrogen-bond acceptors (Lipinski definition) is 2. The SMILES string of the molecule is O=C1O[C@H]2C[C@@H]3c4ccccc4[C@@H]4[C@@H](c5ccc(F)cc5)[C@H](c5ccccc5)C=C2[C@@H]4[C@]13Br. The van der Waals surface area contributed by atoms with Crippen molar-refractivity contribution in [1.82, 2.24) is 0 Å². The number of rotatable bonds is 2. The Labute approximate surface area is 200 Å². The van der Waals surface area contributed by atoms with E-state index in [0.717, 1.165) is 12.0 Å². The van der Waals surface area contributed by atoms with Gasteiger partial charge in [0.05, 0.1) is 0 Å². The summed E-state index contributed by atoms with van der Waals surface area (Å²) in [5.74, 6) is 0.0120. The fourth-order valence-corrected chi connectivity index (χ4v) is 8.22. The molecule has 164 valence electrons. The van der Waals surface area contributed by atoms with Crippen molar-refractivity contribution < 1.29 is 13.9 Å². The first kappa shape index (κ1) is 19.7. The third kappa shape index (κ3) is 2.56. The second kappa shape index (κ2) is 6.89. The lowest BCUT2D eigenvalue weighted by Crippen LogP contribution is -2.64. The van der Waals surface area contributed by atoms with Gasteiger partial charge in [-0.3, -0.25) is 4.79 Å². The Bertz CT molecular complexity index is 1300. The molecule has 2 heterocycles. The quantitative estimate of drug-likeness (QED) is 0.225. The Hall–Kier alpha value is -2.72. The molecule has 1 saturated carbocycles. The number of ether oxygens (including phenoxy) is 1. The summed E-state index contributed by atoms with van der Waals surface area (Å²) in [6.45, 7) is 0. The first-order valence-electron chi connectivity index (χ1n) is 11.6. The number of carbonyl (C=O) groups excluding carboxylic acids is 1. The Morgan fingerprint density at radius 2 is 1.55 bits per heavy atom. The van der Waals surface area contributed by atoms with Crippen LogP contribution in [0.5, 0.6) is 0 Å². The molecule has 4 bridgehead atoms. The zero-order valence-electron chi connectivity index (χ0n) is 17.8. The van der Waals surface area contributed by atoms with Crippen molar-refractivity contribution in [3.63, 3.8) is 0 Å². The van der Waals surface area contributed by atoms with Crippen molar-refractivity contribution in [2.24, 2.45) is 5.92 Å². The van der Waals surface area contributed by atoms with Gasteiger partial charge < -0.3 is 4.74 Å². The van der Waals surface area contributed by atoms with Crippen molar-refractivity contribution in [3.05, 3.63) is 119 Å². The first-order chi connectivity index (χ1) is 16.1. The second-order valence-corrected chi connectivity index (χ2v) is 11.1. The number of hydrogen-bond donors (Lipinski definition) is 0. The summed E-state index contributed by atoms with van der Waals surface area (Å²) < 4.78 is 19.1. The van der Waals surface area contributed by atoms with Gasteiger partial charge in [-0.15, -0.1) is 0 Å². The smallest absolute Gasteiger partial charge is 0.324 e. The van der Waals surface area contributed by atoms with Crippen molar-refractivity contribution in [3.8, 4) is 0 Å². The van der Waals surface area contributed by atoms with Crippen LogP contribution >= 0.6 is 15.9 Å². The molecule has 5 aliphatic rings. The van der Waals surface area contributed by atoms with Crippen LogP contribution in [0.4, 0.5) is 4.39 Å². The topological polar surface area (TPSA) is 26.3 Å². The number of carbonyl (C=O) groups is 1. The highest BCUT2D eigenvalue weighted by atomic mass is 79.9. The monoisotopic (exact) mass is 500 g/mol. The summed E-state index contributed by atoms with van der Waals surface area (Å²) in [5, 5.41) is 0. The molecule has 3 aromatic rings. The average Bonchev–Trinajstić information content (AvgIpc) is 2.85. The fraction of sp³-hybridized carbons (Fsp3) is 0.276. The molecule has 0 N–H and O–H groups in total. The molecule has 3 fully saturated rings. The van der Waals surface area contributed by atoms with Crippen LogP contribution in [0.25, 0.3) is 0 Å². The fourth-order valence-electron chi connectivity index (χ4n) is 7.14. The molecule has 33 heavy (non-hydrogen) atoms. The Balaban J connectivity index is 1.54. The van der Waals surface area contributed by atoms with Gasteiger partial charge in [0.15, 0.2) is 0 Å². The van der Waals surface area contributed by atoms with Gasteiger partial charge >= 0.3 is 5.97 Å². The van der Waals surface area contributed by atoms with Crippen LogP contribution in [0, 0.1) is 11.7 Å². The molecular formula is C29H22BrFO2. The lowest BCUT2D eigenvalue weighted by atomic mass is 9.47. The zero-order chi connectivity index (χ0) is 22.3. The molecule has 4 heteroatoms. The molecule has 3 aliphatic carbocycles. The zero-order valence-corrected chi connectivity index (χ0v) is 19.4. The van der Waals surface area contributed by atoms with Crippen LogP contribution in [0.15, 0.2) is 90.5 Å². The third-order valence-corrected chi connectivity index (χ3v) is 9.75. The maximum Gasteiger partial charge on any atom is 0.324 e. The van der Waals surface area contributed by atoms with Crippen LogP contribution in [0.2, 0.25) is 0 Å². The minimum atomic E-state index is -0.757.